The molecule has 1 saturated heterocycles. The number of ether oxygens (including phenoxy) is 1. The molecule has 1 fully saturated rings. The Hall–Kier alpha value is -0.940. The van der Waals surface area contributed by atoms with E-state index in [0.717, 1.165) is 37.9 Å². The van der Waals surface area contributed by atoms with Crippen molar-refractivity contribution in [1.82, 2.24) is 20.3 Å². The Morgan fingerprint density at radius 2 is 2.50 bits per heavy atom. The molecule has 0 bridgehead atoms. The molecule has 0 saturated carbocycles. The second-order valence-corrected chi connectivity index (χ2v) is 3.59. The summed E-state index contributed by atoms with van der Waals surface area (Å²) in [6.07, 6.45) is 1.97. The zero-order chi connectivity index (χ0) is 9.80. The third-order valence-corrected chi connectivity index (χ3v) is 2.35. The maximum atomic E-state index is 5.25. The first-order valence-corrected chi connectivity index (χ1v) is 5.06. The SMILES string of the molecule is CCOCc1cn(CC2CNC2)nn1. The Bertz CT molecular complexity index is 282. The van der Waals surface area contributed by atoms with E-state index < -0.39 is 0 Å². The lowest BCUT2D eigenvalue weighted by molar-refractivity contribution is 0.131. The van der Waals surface area contributed by atoms with Gasteiger partial charge in [0.25, 0.3) is 0 Å². The molecule has 78 valence electrons. The lowest BCUT2D eigenvalue weighted by Crippen LogP contribution is -2.44. The van der Waals surface area contributed by atoms with Crippen molar-refractivity contribution in [2.45, 2.75) is 20.1 Å². The number of aromatic nitrogens is 3. The van der Waals surface area contributed by atoms with Gasteiger partial charge < -0.3 is 10.1 Å². The van der Waals surface area contributed by atoms with E-state index in [4.69, 9.17) is 4.74 Å². The predicted molar refractivity (Wildman–Crippen MR) is 51.7 cm³/mol. The van der Waals surface area contributed by atoms with Gasteiger partial charge >= 0.3 is 0 Å². The summed E-state index contributed by atoms with van der Waals surface area (Å²) >= 11 is 0. The van der Waals surface area contributed by atoms with Gasteiger partial charge in [-0.05, 0) is 6.92 Å². The molecule has 1 aliphatic heterocycles. The summed E-state index contributed by atoms with van der Waals surface area (Å²) in [6.45, 7) is 6.43. The quantitative estimate of drug-likeness (QED) is 0.722. The summed E-state index contributed by atoms with van der Waals surface area (Å²) in [5.41, 5.74) is 0.916. The maximum absolute atomic E-state index is 5.25. The van der Waals surface area contributed by atoms with Crippen LogP contribution in [0.1, 0.15) is 12.6 Å². The molecular formula is C9H16N4O. The Morgan fingerprint density at radius 1 is 1.64 bits per heavy atom. The van der Waals surface area contributed by atoms with Gasteiger partial charge in [-0.3, -0.25) is 4.68 Å². The fourth-order valence-electron chi connectivity index (χ4n) is 1.44. The zero-order valence-electron chi connectivity index (χ0n) is 8.44. The summed E-state index contributed by atoms with van der Waals surface area (Å²) in [5.74, 6) is 0.719. The largest absolute Gasteiger partial charge is 0.375 e. The van der Waals surface area contributed by atoms with Crippen molar-refractivity contribution in [1.29, 1.82) is 0 Å². The normalized spacial score (nSPS) is 16.9. The highest BCUT2D eigenvalue weighted by molar-refractivity contribution is 4.90. The maximum Gasteiger partial charge on any atom is 0.108 e. The fraction of sp³-hybridized carbons (Fsp3) is 0.778. The molecule has 1 aromatic heterocycles. The van der Waals surface area contributed by atoms with Crippen molar-refractivity contribution >= 4 is 0 Å². The van der Waals surface area contributed by atoms with Crippen molar-refractivity contribution in [3.63, 3.8) is 0 Å². The summed E-state index contributed by atoms with van der Waals surface area (Å²) in [6, 6.07) is 0. The van der Waals surface area contributed by atoms with Crippen LogP contribution in [0.3, 0.4) is 0 Å². The van der Waals surface area contributed by atoms with Gasteiger partial charge in [-0.2, -0.15) is 0 Å². The van der Waals surface area contributed by atoms with Gasteiger partial charge in [0, 0.05) is 32.2 Å². The van der Waals surface area contributed by atoms with Crippen LogP contribution in [0.4, 0.5) is 0 Å². The molecule has 2 rings (SSSR count). The summed E-state index contributed by atoms with van der Waals surface area (Å²) in [7, 11) is 0. The summed E-state index contributed by atoms with van der Waals surface area (Å²) in [5, 5.41) is 11.3. The van der Waals surface area contributed by atoms with Crippen LogP contribution >= 0.6 is 0 Å². The van der Waals surface area contributed by atoms with Gasteiger partial charge in [0.2, 0.25) is 0 Å². The zero-order valence-corrected chi connectivity index (χ0v) is 8.44. The molecule has 0 atom stereocenters. The highest BCUT2D eigenvalue weighted by Crippen LogP contribution is 2.06. The molecule has 5 nitrogen and oxygen atoms in total. The van der Waals surface area contributed by atoms with Crippen LogP contribution < -0.4 is 5.32 Å². The molecule has 5 heteroatoms. The van der Waals surface area contributed by atoms with Crippen molar-refractivity contribution in [3.05, 3.63) is 11.9 Å². The third kappa shape index (κ3) is 2.30. The molecule has 2 heterocycles. The molecule has 1 aliphatic rings. The summed E-state index contributed by atoms with van der Waals surface area (Å²) < 4.78 is 7.15. The average Bonchev–Trinajstić information content (AvgIpc) is 2.56. The van der Waals surface area contributed by atoms with Crippen LogP contribution in [-0.2, 0) is 17.9 Å². The van der Waals surface area contributed by atoms with Gasteiger partial charge in [0.1, 0.15) is 5.69 Å². The number of hydrogen-bond donors (Lipinski definition) is 1. The third-order valence-electron chi connectivity index (χ3n) is 2.35. The van der Waals surface area contributed by atoms with Crippen LogP contribution in [0.15, 0.2) is 6.20 Å². The Balaban J connectivity index is 1.82. The van der Waals surface area contributed by atoms with E-state index in [1.165, 1.54) is 0 Å². The monoisotopic (exact) mass is 196 g/mol. The van der Waals surface area contributed by atoms with Crippen LogP contribution in [0.2, 0.25) is 0 Å². The summed E-state index contributed by atoms with van der Waals surface area (Å²) in [4.78, 5) is 0. The molecule has 0 aromatic carbocycles. The standard InChI is InChI=1S/C9H16N4O/c1-2-14-7-9-6-13(12-11-9)5-8-3-10-4-8/h6,8,10H,2-5,7H2,1H3. The average molecular weight is 196 g/mol. The van der Waals surface area contributed by atoms with Crippen LogP contribution in [-0.4, -0.2) is 34.7 Å². The Labute approximate surface area is 83.4 Å². The molecule has 1 aromatic rings. The lowest BCUT2D eigenvalue weighted by atomic mass is 10.0. The van der Waals surface area contributed by atoms with Crippen molar-refractivity contribution in [3.8, 4) is 0 Å². The van der Waals surface area contributed by atoms with E-state index in [2.05, 4.69) is 15.6 Å². The van der Waals surface area contributed by atoms with E-state index in [1.54, 1.807) is 0 Å². The molecule has 0 amide bonds. The minimum Gasteiger partial charge on any atom is -0.375 e. The number of hydrogen-bond acceptors (Lipinski definition) is 4. The highest BCUT2D eigenvalue weighted by Gasteiger charge is 2.17. The van der Waals surface area contributed by atoms with Crippen LogP contribution in [0.5, 0.6) is 0 Å². The molecular weight excluding hydrogens is 180 g/mol. The predicted octanol–water partition coefficient (Wildman–Crippen LogP) is 0.0340. The van der Waals surface area contributed by atoms with Gasteiger partial charge in [-0.25, -0.2) is 0 Å². The minimum atomic E-state index is 0.569. The van der Waals surface area contributed by atoms with Crippen LogP contribution in [0, 0.1) is 5.92 Å². The van der Waals surface area contributed by atoms with E-state index in [1.807, 2.05) is 17.8 Å². The number of nitrogens with one attached hydrogen (secondary N) is 1. The molecule has 1 N–H and O–H groups in total. The number of rotatable bonds is 5. The Morgan fingerprint density at radius 3 is 3.14 bits per heavy atom. The molecule has 0 radical (unpaired) electrons. The van der Waals surface area contributed by atoms with Gasteiger partial charge in [-0.15, -0.1) is 5.10 Å². The first kappa shape index (κ1) is 9.61. The van der Waals surface area contributed by atoms with E-state index in [9.17, 15) is 0 Å². The first-order valence-electron chi connectivity index (χ1n) is 5.06. The van der Waals surface area contributed by atoms with Gasteiger partial charge in [0.15, 0.2) is 0 Å². The molecule has 14 heavy (non-hydrogen) atoms. The van der Waals surface area contributed by atoms with E-state index in [-0.39, 0.29) is 0 Å². The van der Waals surface area contributed by atoms with Crippen molar-refractivity contribution in [2.24, 2.45) is 5.92 Å². The van der Waals surface area contributed by atoms with Crippen molar-refractivity contribution < 1.29 is 4.74 Å². The lowest BCUT2D eigenvalue weighted by Gasteiger charge is -2.26. The van der Waals surface area contributed by atoms with Gasteiger partial charge in [0.05, 0.1) is 12.8 Å². The first-order chi connectivity index (χ1) is 6.88. The van der Waals surface area contributed by atoms with Crippen LogP contribution in [0.25, 0.3) is 0 Å². The smallest absolute Gasteiger partial charge is 0.108 e. The number of nitrogens with zero attached hydrogens (tertiary/aromatic N) is 3. The Kier molecular flexibility index (Phi) is 3.10. The molecule has 0 spiro atoms. The highest BCUT2D eigenvalue weighted by atomic mass is 16.5. The molecule has 0 unspecified atom stereocenters. The second kappa shape index (κ2) is 4.52. The van der Waals surface area contributed by atoms with E-state index in [0.29, 0.717) is 6.61 Å². The molecule has 0 aliphatic carbocycles. The minimum absolute atomic E-state index is 0.569. The fourth-order valence-corrected chi connectivity index (χ4v) is 1.44. The second-order valence-electron chi connectivity index (χ2n) is 3.59. The van der Waals surface area contributed by atoms with E-state index >= 15 is 0 Å². The topological polar surface area (TPSA) is 52.0 Å². The van der Waals surface area contributed by atoms with Crippen molar-refractivity contribution in [2.75, 3.05) is 19.7 Å². The van der Waals surface area contributed by atoms with Gasteiger partial charge in [-0.1, -0.05) is 5.21 Å².